The van der Waals surface area contributed by atoms with Crippen LogP contribution in [0.2, 0.25) is 0 Å². The summed E-state index contributed by atoms with van der Waals surface area (Å²) in [5, 5.41) is 0. The molecule has 1 rings (SSSR count). The van der Waals surface area contributed by atoms with Gasteiger partial charge in [0.2, 0.25) is 5.91 Å². The number of amides is 1. The molecule has 7 heteroatoms. The van der Waals surface area contributed by atoms with E-state index in [9.17, 15) is 19.2 Å². The Balaban J connectivity index is 2.76. The molecule has 0 aliphatic carbocycles. The van der Waals surface area contributed by atoms with Gasteiger partial charge in [0.15, 0.2) is 5.78 Å². The normalized spacial score (nSPS) is 9.73. The third kappa shape index (κ3) is 5.35. The minimum atomic E-state index is -0.690. The van der Waals surface area contributed by atoms with Crippen LogP contribution in [-0.2, 0) is 23.9 Å². The number of methoxy groups -OCH3 is 2. The summed E-state index contributed by atoms with van der Waals surface area (Å²) in [5.41, 5.74) is 0.381. The summed E-state index contributed by atoms with van der Waals surface area (Å²) in [6.07, 6.45) is -0.446. The Kier molecular flexibility index (Phi) is 6.75. The van der Waals surface area contributed by atoms with Gasteiger partial charge in [-0.05, 0) is 0 Å². The smallest absolute Gasteiger partial charge is 0.325 e. The Morgan fingerprint density at radius 2 is 1.41 bits per heavy atom. The quantitative estimate of drug-likeness (QED) is 0.412. The van der Waals surface area contributed by atoms with Gasteiger partial charge in [-0.1, -0.05) is 30.3 Å². The highest BCUT2D eigenvalue weighted by Gasteiger charge is 2.23. The number of ketones is 1. The Bertz CT molecular complexity index is 536. The van der Waals surface area contributed by atoms with Gasteiger partial charge in [0.25, 0.3) is 0 Å². The Morgan fingerprint density at radius 1 is 0.909 bits per heavy atom. The molecular weight excluding hydrogens is 290 g/mol. The Labute approximate surface area is 127 Å². The van der Waals surface area contributed by atoms with Gasteiger partial charge < -0.3 is 14.4 Å². The van der Waals surface area contributed by atoms with Crippen molar-refractivity contribution in [2.75, 3.05) is 27.3 Å². The molecule has 0 spiro atoms. The van der Waals surface area contributed by atoms with Crippen molar-refractivity contribution in [2.45, 2.75) is 6.42 Å². The predicted molar refractivity (Wildman–Crippen MR) is 76.0 cm³/mol. The first-order chi connectivity index (χ1) is 10.5. The summed E-state index contributed by atoms with van der Waals surface area (Å²) in [4.78, 5) is 47.6. The van der Waals surface area contributed by atoms with Crippen LogP contribution in [0, 0.1) is 0 Å². The number of Topliss-reactive ketones (excluding diaryl/α,β-unsaturated/α-hetero) is 1. The van der Waals surface area contributed by atoms with Crippen LogP contribution in [0.15, 0.2) is 30.3 Å². The lowest BCUT2D eigenvalue weighted by molar-refractivity contribution is -0.151. The third-order valence-corrected chi connectivity index (χ3v) is 2.86. The number of esters is 2. The topological polar surface area (TPSA) is 90.0 Å². The van der Waals surface area contributed by atoms with Gasteiger partial charge in [-0.25, -0.2) is 0 Å². The number of hydrogen-bond donors (Lipinski definition) is 0. The van der Waals surface area contributed by atoms with Crippen LogP contribution in [-0.4, -0.2) is 55.8 Å². The molecule has 0 fully saturated rings. The molecule has 7 nitrogen and oxygen atoms in total. The molecule has 0 saturated carbocycles. The molecule has 118 valence electrons. The van der Waals surface area contributed by atoms with Crippen molar-refractivity contribution in [1.82, 2.24) is 4.90 Å². The molecular formula is C15H17NO6. The molecule has 1 aromatic rings. The fraction of sp³-hybridized carbons (Fsp3) is 0.333. The number of carbonyl (C=O) groups excluding carboxylic acids is 4. The maximum absolute atomic E-state index is 12.1. The molecule has 0 aliphatic heterocycles. The lowest BCUT2D eigenvalue weighted by Gasteiger charge is -2.19. The molecule has 0 aromatic heterocycles. The zero-order valence-corrected chi connectivity index (χ0v) is 12.4. The predicted octanol–water partition coefficient (Wildman–Crippen LogP) is 0.434. The van der Waals surface area contributed by atoms with Crippen molar-refractivity contribution in [3.63, 3.8) is 0 Å². The maximum Gasteiger partial charge on any atom is 0.325 e. The number of nitrogens with zero attached hydrogens (tertiary/aromatic N) is 1. The Hall–Kier alpha value is -2.70. The molecule has 0 aliphatic rings. The molecule has 0 bridgehead atoms. The summed E-state index contributed by atoms with van der Waals surface area (Å²) in [6.45, 7) is -0.848. The largest absolute Gasteiger partial charge is 0.468 e. The van der Waals surface area contributed by atoms with E-state index in [1.807, 2.05) is 0 Å². The van der Waals surface area contributed by atoms with E-state index in [2.05, 4.69) is 9.47 Å². The molecule has 0 atom stereocenters. The zero-order chi connectivity index (χ0) is 16.5. The average molecular weight is 307 g/mol. The van der Waals surface area contributed by atoms with Crippen molar-refractivity contribution in [3.8, 4) is 0 Å². The standard InChI is InChI=1S/C15H17NO6/c1-21-14(19)9-16(10-15(20)22-2)13(18)8-12(17)11-6-4-3-5-7-11/h3-7H,8-10H2,1-2H3. The zero-order valence-electron chi connectivity index (χ0n) is 12.4. The van der Waals surface area contributed by atoms with E-state index in [0.29, 0.717) is 5.56 Å². The van der Waals surface area contributed by atoms with Crippen LogP contribution in [0.4, 0.5) is 0 Å². The number of carbonyl (C=O) groups is 4. The number of benzene rings is 1. The highest BCUT2D eigenvalue weighted by molar-refractivity contribution is 6.08. The number of rotatable bonds is 7. The van der Waals surface area contributed by atoms with Gasteiger partial charge in [-0.3, -0.25) is 19.2 Å². The highest BCUT2D eigenvalue weighted by atomic mass is 16.5. The van der Waals surface area contributed by atoms with Crippen LogP contribution in [0.3, 0.4) is 0 Å². The van der Waals surface area contributed by atoms with E-state index >= 15 is 0 Å². The fourth-order valence-corrected chi connectivity index (χ4v) is 1.65. The SMILES string of the molecule is COC(=O)CN(CC(=O)OC)C(=O)CC(=O)c1ccccc1. The first-order valence-electron chi connectivity index (χ1n) is 6.47. The van der Waals surface area contributed by atoms with Crippen LogP contribution < -0.4 is 0 Å². The van der Waals surface area contributed by atoms with E-state index in [1.54, 1.807) is 30.3 Å². The van der Waals surface area contributed by atoms with E-state index in [0.717, 1.165) is 19.1 Å². The van der Waals surface area contributed by atoms with E-state index in [1.165, 1.54) is 0 Å². The van der Waals surface area contributed by atoms with Gasteiger partial charge in [-0.2, -0.15) is 0 Å². The molecule has 0 radical (unpaired) electrons. The minimum absolute atomic E-state index is 0.381. The van der Waals surface area contributed by atoms with Crippen molar-refractivity contribution < 1.29 is 28.7 Å². The first-order valence-corrected chi connectivity index (χ1v) is 6.47. The second-order valence-corrected chi connectivity index (χ2v) is 4.37. The molecule has 0 saturated heterocycles. The average Bonchev–Trinajstić information content (AvgIpc) is 2.54. The van der Waals surface area contributed by atoms with Crippen LogP contribution in [0.25, 0.3) is 0 Å². The molecule has 1 aromatic carbocycles. The number of ether oxygens (including phenoxy) is 2. The lowest BCUT2D eigenvalue weighted by Crippen LogP contribution is -2.41. The lowest BCUT2D eigenvalue weighted by atomic mass is 10.1. The third-order valence-electron chi connectivity index (χ3n) is 2.86. The van der Waals surface area contributed by atoms with E-state index in [-0.39, 0.29) is 0 Å². The molecule has 22 heavy (non-hydrogen) atoms. The van der Waals surface area contributed by atoms with Crippen molar-refractivity contribution >= 4 is 23.6 Å². The molecule has 0 heterocycles. The minimum Gasteiger partial charge on any atom is -0.468 e. The van der Waals surface area contributed by atoms with Crippen molar-refractivity contribution in [3.05, 3.63) is 35.9 Å². The van der Waals surface area contributed by atoms with Crippen LogP contribution in [0.5, 0.6) is 0 Å². The van der Waals surface area contributed by atoms with E-state index in [4.69, 9.17) is 0 Å². The van der Waals surface area contributed by atoms with Crippen molar-refractivity contribution in [2.24, 2.45) is 0 Å². The Morgan fingerprint density at radius 3 is 1.86 bits per heavy atom. The molecule has 0 unspecified atom stereocenters. The van der Waals surface area contributed by atoms with Gasteiger partial charge >= 0.3 is 11.9 Å². The summed E-state index contributed by atoms with van der Waals surface area (Å²) < 4.78 is 8.93. The first kappa shape index (κ1) is 17.4. The summed E-state index contributed by atoms with van der Waals surface area (Å²) >= 11 is 0. The summed E-state index contributed by atoms with van der Waals surface area (Å²) in [5.74, 6) is -2.43. The highest BCUT2D eigenvalue weighted by Crippen LogP contribution is 2.06. The van der Waals surface area contributed by atoms with E-state index < -0.39 is 43.1 Å². The van der Waals surface area contributed by atoms with Gasteiger partial charge in [0.1, 0.15) is 13.1 Å². The maximum atomic E-state index is 12.1. The summed E-state index contributed by atoms with van der Waals surface area (Å²) in [7, 11) is 2.33. The number of hydrogen-bond acceptors (Lipinski definition) is 6. The van der Waals surface area contributed by atoms with Gasteiger partial charge in [0, 0.05) is 5.56 Å². The molecule has 0 N–H and O–H groups in total. The van der Waals surface area contributed by atoms with Crippen molar-refractivity contribution in [1.29, 1.82) is 0 Å². The fourth-order valence-electron chi connectivity index (χ4n) is 1.65. The second-order valence-electron chi connectivity index (χ2n) is 4.37. The second kappa shape index (κ2) is 8.56. The van der Waals surface area contributed by atoms with Gasteiger partial charge in [0.05, 0.1) is 20.6 Å². The monoisotopic (exact) mass is 307 g/mol. The van der Waals surface area contributed by atoms with Crippen LogP contribution in [0.1, 0.15) is 16.8 Å². The molecule has 1 amide bonds. The summed E-state index contributed by atoms with van der Waals surface area (Å²) in [6, 6.07) is 8.28. The van der Waals surface area contributed by atoms with Gasteiger partial charge in [-0.15, -0.1) is 0 Å². The van der Waals surface area contributed by atoms with Crippen LogP contribution >= 0.6 is 0 Å².